The number of hydrogen-bond acceptors (Lipinski definition) is 3. The second kappa shape index (κ2) is 4.45. The number of carbonyl (C=O) groups is 2. The maximum absolute atomic E-state index is 11.8. The first-order valence-corrected chi connectivity index (χ1v) is 5.24. The molecule has 84 valence electrons. The van der Waals surface area contributed by atoms with Gasteiger partial charge in [0.25, 0.3) is 0 Å². The normalized spacial score (nSPS) is 20.2. The molecule has 1 heterocycles. The van der Waals surface area contributed by atoms with Crippen LogP contribution < -0.4 is 0 Å². The fourth-order valence-corrected chi connectivity index (χ4v) is 1.78. The van der Waals surface area contributed by atoms with E-state index in [4.69, 9.17) is 0 Å². The maximum atomic E-state index is 11.8. The lowest BCUT2D eigenvalue weighted by atomic mass is 10.1. The molecule has 4 heteroatoms. The van der Waals surface area contributed by atoms with Crippen LogP contribution in [0.3, 0.4) is 0 Å². The smallest absolute Gasteiger partial charge is 0.225 e. The van der Waals surface area contributed by atoms with E-state index < -0.39 is 6.23 Å². The van der Waals surface area contributed by atoms with E-state index in [0.29, 0.717) is 18.4 Å². The fourth-order valence-electron chi connectivity index (χ4n) is 1.78. The van der Waals surface area contributed by atoms with Gasteiger partial charge >= 0.3 is 0 Å². The number of Topliss-reactive ketones (excluding diaryl/α,β-unsaturated/α-hetero) is 1. The van der Waals surface area contributed by atoms with Crippen molar-refractivity contribution in [3.8, 4) is 0 Å². The number of ketones is 1. The molecule has 1 aliphatic rings. The van der Waals surface area contributed by atoms with Crippen molar-refractivity contribution in [2.45, 2.75) is 19.1 Å². The van der Waals surface area contributed by atoms with Gasteiger partial charge in [-0.2, -0.15) is 0 Å². The van der Waals surface area contributed by atoms with Crippen molar-refractivity contribution in [3.05, 3.63) is 35.9 Å². The molecule has 1 amide bonds. The molecule has 16 heavy (non-hydrogen) atoms. The fraction of sp³-hybridized carbons (Fsp3) is 0.333. The molecule has 1 aromatic rings. The summed E-state index contributed by atoms with van der Waals surface area (Å²) < 4.78 is 0. The minimum atomic E-state index is -0.805. The Morgan fingerprint density at radius 3 is 2.62 bits per heavy atom. The van der Waals surface area contributed by atoms with Crippen LogP contribution in [0.5, 0.6) is 0 Å². The molecule has 1 unspecified atom stereocenters. The van der Waals surface area contributed by atoms with Crippen LogP contribution in [-0.4, -0.2) is 34.5 Å². The zero-order valence-corrected chi connectivity index (χ0v) is 8.80. The zero-order chi connectivity index (χ0) is 11.5. The lowest BCUT2D eigenvalue weighted by Gasteiger charge is -2.19. The molecule has 1 atom stereocenters. The molecule has 1 aromatic carbocycles. The number of aliphatic hydroxyl groups excluding tert-OH is 1. The molecule has 0 aliphatic carbocycles. The lowest BCUT2D eigenvalue weighted by molar-refractivity contribution is -0.132. The average Bonchev–Trinajstić information content (AvgIpc) is 2.62. The van der Waals surface area contributed by atoms with Crippen LogP contribution >= 0.6 is 0 Å². The molecule has 0 aromatic heterocycles. The van der Waals surface area contributed by atoms with Crippen molar-refractivity contribution < 1.29 is 14.7 Å². The van der Waals surface area contributed by atoms with Gasteiger partial charge in [-0.3, -0.25) is 9.59 Å². The molecule has 0 saturated carbocycles. The highest BCUT2D eigenvalue weighted by atomic mass is 16.3. The molecule has 0 spiro atoms. The van der Waals surface area contributed by atoms with E-state index in [9.17, 15) is 14.7 Å². The van der Waals surface area contributed by atoms with Crippen LogP contribution in [-0.2, 0) is 4.79 Å². The topological polar surface area (TPSA) is 57.6 Å². The SMILES string of the molecule is O=C(CN1C(=O)CCC1O)c1ccccc1. The number of likely N-dealkylation sites (tertiary alicyclic amines) is 1. The number of carbonyl (C=O) groups excluding carboxylic acids is 2. The maximum Gasteiger partial charge on any atom is 0.225 e. The van der Waals surface area contributed by atoms with Crippen LogP contribution in [0.15, 0.2) is 30.3 Å². The Hall–Kier alpha value is -1.68. The van der Waals surface area contributed by atoms with E-state index in [1.807, 2.05) is 6.07 Å². The first-order valence-electron chi connectivity index (χ1n) is 5.24. The van der Waals surface area contributed by atoms with E-state index in [1.54, 1.807) is 24.3 Å². The Morgan fingerprint density at radius 2 is 2.06 bits per heavy atom. The van der Waals surface area contributed by atoms with E-state index in [2.05, 4.69) is 0 Å². The number of nitrogens with zero attached hydrogens (tertiary/aromatic N) is 1. The van der Waals surface area contributed by atoms with Gasteiger partial charge in [0.05, 0.1) is 6.54 Å². The number of amides is 1. The van der Waals surface area contributed by atoms with Crippen LogP contribution in [0.2, 0.25) is 0 Å². The molecule has 1 N–H and O–H groups in total. The second-order valence-electron chi connectivity index (χ2n) is 3.83. The van der Waals surface area contributed by atoms with Gasteiger partial charge in [0.15, 0.2) is 5.78 Å². The Morgan fingerprint density at radius 1 is 1.38 bits per heavy atom. The van der Waals surface area contributed by atoms with Gasteiger partial charge in [0.2, 0.25) is 5.91 Å². The van der Waals surface area contributed by atoms with Gasteiger partial charge in [0.1, 0.15) is 6.23 Å². The highest BCUT2D eigenvalue weighted by Crippen LogP contribution is 2.16. The molecular weight excluding hydrogens is 206 g/mol. The standard InChI is InChI=1S/C12H13NO3/c14-10(9-4-2-1-3-5-9)8-13-11(15)6-7-12(13)16/h1-5,11,15H,6-8H2. The molecule has 0 bridgehead atoms. The van der Waals surface area contributed by atoms with E-state index in [-0.39, 0.29) is 18.2 Å². The van der Waals surface area contributed by atoms with E-state index in [0.717, 1.165) is 0 Å². The largest absolute Gasteiger partial charge is 0.373 e. The summed E-state index contributed by atoms with van der Waals surface area (Å²) in [5.41, 5.74) is 0.564. The summed E-state index contributed by atoms with van der Waals surface area (Å²) in [5, 5.41) is 9.51. The highest BCUT2D eigenvalue weighted by Gasteiger charge is 2.30. The molecular formula is C12H13NO3. The minimum Gasteiger partial charge on any atom is -0.373 e. The number of rotatable bonds is 3. The predicted octanol–water partition coefficient (Wildman–Crippen LogP) is 0.810. The van der Waals surface area contributed by atoms with Gasteiger partial charge < -0.3 is 10.0 Å². The third-order valence-corrected chi connectivity index (χ3v) is 2.71. The zero-order valence-electron chi connectivity index (χ0n) is 8.80. The summed E-state index contributed by atoms with van der Waals surface area (Å²) in [6.45, 7) is -0.0377. The highest BCUT2D eigenvalue weighted by molar-refractivity contribution is 5.99. The molecule has 0 radical (unpaired) electrons. The van der Waals surface area contributed by atoms with E-state index >= 15 is 0 Å². The Balaban J connectivity index is 2.05. The monoisotopic (exact) mass is 219 g/mol. The van der Waals surface area contributed by atoms with Crippen molar-refractivity contribution in [1.82, 2.24) is 4.90 Å². The van der Waals surface area contributed by atoms with E-state index in [1.165, 1.54) is 4.90 Å². The van der Waals surface area contributed by atoms with Crippen molar-refractivity contribution in [2.75, 3.05) is 6.54 Å². The Bertz CT molecular complexity index is 402. The predicted molar refractivity (Wildman–Crippen MR) is 57.7 cm³/mol. The number of aliphatic hydroxyl groups is 1. The summed E-state index contributed by atoms with van der Waals surface area (Å²) in [6, 6.07) is 8.78. The molecule has 1 fully saturated rings. The summed E-state index contributed by atoms with van der Waals surface area (Å²) >= 11 is 0. The van der Waals surface area contributed by atoms with Crippen molar-refractivity contribution in [1.29, 1.82) is 0 Å². The van der Waals surface area contributed by atoms with Gasteiger partial charge in [-0.15, -0.1) is 0 Å². The number of hydrogen-bond donors (Lipinski definition) is 1. The summed E-state index contributed by atoms with van der Waals surface area (Å²) in [7, 11) is 0. The van der Waals surface area contributed by atoms with Crippen LogP contribution in [0, 0.1) is 0 Å². The van der Waals surface area contributed by atoms with Crippen molar-refractivity contribution in [3.63, 3.8) is 0 Å². The second-order valence-corrected chi connectivity index (χ2v) is 3.83. The van der Waals surface area contributed by atoms with Gasteiger partial charge in [-0.1, -0.05) is 30.3 Å². The number of benzene rings is 1. The summed E-state index contributed by atoms with van der Waals surface area (Å²) in [5.74, 6) is -0.299. The quantitative estimate of drug-likeness (QED) is 0.765. The molecule has 1 saturated heterocycles. The molecule has 2 rings (SSSR count). The first-order chi connectivity index (χ1) is 7.68. The third-order valence-electron chi connectivity index (χ3n) is 2.71. The molecule has 4 nitrogen and oxygen atoms in total. The lowest BCUT2D eigenvalue weighted by Crippen LogP contribution is -2.37. The van der Waals surface area contributed by atoms with Crippen molar-refractivity contribution >= 4 is 11.7 Å². The minimum absolute atomic E-state index is 0.0377. The average molecular weight is 219 g/mol. The van der Waals surface area contributed by atoms with Gasteiger partial charge in [0, 0.05) is 18.4 Å². The van der Waals surface area contributed by atoms with Crippen molar-refractivity contribution in [2.24, 2.45) is 0 Å². The van der Waals surface area contributed by atoms with Gasteiger partial charge in [-0.25, -0.2) is 0 Å². The first kappa shape index (κ1) is 10.8. The van der Waals surface area contributed by atoms with Crippen LogP contribution in [0.4, 0.5) is 0 Å². The van der Waals surface area contributed by atoms with Crippen LogP contribution in [0.25, 0.3) is 0 Å². The summed E-state index contributed by atoms with van der Waals surface area (Å²) in [4.78, 5) is 24.4. The summed E-state index contributed by atoms with van der Waals surface area (Å²) in [6.07, 6.45) is -0.0652. The molecule has 1 aliphatic heterocycles. The third kappa shape index (κ3) is 2.12. The Kier molecular flexibility index (Phi) is 3.01. The Labute approximate surface area is 93.5 Å². The van der Waals surface area contributed by atoms with Gasteiger partial charge in [-0.05, 0) is 0 Å². The van der Waals surface area contributed by atoms with Crippen LogP contribution in [0.1, 0.15) is 23.2 Å².